The highest BCUT2D eigenvalue weighted by Crippen LogP contribution is 2.29. The Kier molecular flexibility index (Phi) is 8.14. The second-order valence-corrected chi connectivity index (χ2v) is 6.70. The van der Waals surface area contributed by atoms with Crippen LogP contribution in [0.2, 0.25) is 0 Å². The van der Waals surface area contributed by atoms with Crippen LogP contribution in [0.25, 0.3) is 0 Å². The quantitative estimate of drug-likeness (QED) is 0.628. The Morgan fingerprint density at radius 3 is 2.56 bits per heavy atom. The number of aliphatic hydroxyl groups is 1. The summed E-state index contributed by atoms with van der Waals surface area (Å²) < 4.78 is 10.8. The summed E-state index contributed by atoms with van der Waals surface area (Å²) in [4.78, 5) is 0. The fourth-order valence-electron chi connectivity index (χ4n) is 3.00. The molecule has 0 saturated carbocycles. The van der Waals surface area contributed by atoms with Crippen LogP contribution < -0.4 is 0 Å². The summed E-state index contributed by atoms with van der Waals surface area (Å²) in [6.45, 7) is 11.5. The Bertz CT molecular complexity index is 622. The number of hydrogen-bond acceptors (Lipinski definition) is 3. The Balaban J connectivity index is 3.28. The number of hydrogen-bond donors (Lipinski definition) is 1. The zero-order chi connectivity index (χ0) is 19.0. The second-order valence-electron chi connectivity index (χ2n) is 6.70. The van der Waals surface area contributed by atoms with Gasteiger partial charge in [0.2, 0.25) is 0 Å². The van der Waals surface area contributed by atoms with Crippen LogP contribution in [0.15, 0.2) is 71.1 Å². The van der Waals surface area contributed by atoms with Gasteiger partial charge in [0.05, 0.1) is 18.5 Å². The molecule has 1 unspecified atom stereocenters. The van der Waals surface area contributed by atoms with Crippen molar-refractivity contribution in [1.82, 2.24) is 0 Å². The molecule has 0 aromatic carbocycles. The highest BCUT2D eigenvalue weighted by molar-refractivity contribution is 5.55. The maximum absolute atomic E-state index is 10.3. The molecular weight excluding hydrogens is 312 g/mol. The minimum Gasteiger partial charge on any atom is -0.501 e. The van der Waals surface area contributed by atoms with Crippen LogP contribution in [0.4, 0.5) is 0 Å². The minimum atomic E-state index is -0.928. The predicted molar refractivity (Wildman–Crippen MR) is 105 cm³/mol. The molecule has 138 valence electrons. The maximum atomic E-state index is 10.3. The van der Waals surface area contributed by atoms with Crippen molar-refractivity contribution in [3.8, 4) is 0 Å². The maximum Gasteiger partial charge on any atom is 0.107 e. The molecule has 0 aromatic heterocycles. The molecule has 0 heterocycles. The molecule has 25 heavy (non-hydrogen) atoms. The van der Waals surface area contributed by atoms with Crippen molar-refractivity contribution in [3.63, 3.8) is 0 Å². The van der Waals surface area contributed by atoms with Gasteiger partial charge in [-0.15, -0.1) is 0 Å². The van der Waals surface area contributed by atoms with Crippen molar-refractivity contribution < 1.29 is 14.6 Å². The average Bonchev–Trinajstić information content (AvgIpc) is 2.57. The minimum absolute atomic E-state index is 0.334. The van der Waals surface area contributed by atoms with E-state index in [1.165, 1.54) is 5.57 Å². The molecule has 0 radical (unpaired) electrons. The van der Waals surface area contributed by atoms with Gasteiger partial charge in [0.1, 0.15) is 6.10 Å². The molecule has 0 saturated heterocycles. The van der Waals surface area contributed by atoms with E-state index in [1.54, 1.807) is 28.1 Å². The largest absolute Gasteiger partial charge is 0.501 e. The van der Waals surface area contributed by atoms with Crippen LogP contribution in [-0.2, 0) is 9.47 Å². The summed E-state index contributed by atoms with van der Waals surface area (Å²) in [5.74, 6) is 0.853. The zero-order valence-electron chi connectivity index (χ0n) is 16.4. The van der Waals surface area contributed by atoms with E-state index in [4.69, 9.17) is 9.47 Å². The summed E-state index contributed by atoms with van der Waals surface area (Å²) in [5, 5.41) is 10.3. The van der Waals surface area contributed by atoms with Crippen LogP contribution in [0.3, 0.4) is 0 Å². The predicted octanol–water partition coefficient (Wildman–Crippen LogP) is 5.03. The first-order chi connectivity index (χ1) is 11.8. The molecule has 0 spiro atoms. The standard InChI is InChI=1S/C22H32O3/c1-8-17(21(25-7)22(4,5)23)13-14-18-11-10-12-19(20(18)9-2)15-16(3)24-6/h9-10,12-15,21,23H,2,8,11H2,1,3-7H3/b16-15+,17-13+,18-14+. The third-order valence-electron chi connectivity index (χ3n) is 4.30. The third-order valence-corrected chi connectivity index (χ3v) is 4.30. The van der Waals surface area contributed by atoms with Gasteiger partial charge in [-0.1, -0.05) is 43.9 Å². The first kappa shape index (κ1) is 21.2. The van der Waals surface area contributed by atoms with Gasteiger partial charge in [-0.05, 0) is 62.0 Å². The Labute approximate surface area is 152 Å². The van der Waals surface area contributed by atoms with E-state index in [2.05, 4.69) is 37.8 Å². The van der Waals surface area contributed by atoms with Crippen LogP contribution >= 0.6 is 0 Å². The third kappa shape index (κ3) is 5.87. The summed E-state index contributed by atoms with van der Waals surface area (Å²) in [7, 11) is 3.30. The molecule has 0 bridgehead atoms. The van der Waals surface area contributed by atoms with Crippen LogP contribution in [-0.4, -0.2) is 31.0 Å². The van der Waals surface area contributed by atoms with Crippen molar-refractivity contribution in [2.24, 2.45) is 0 Å². The molecule has 0 amide bonds. The highest BCUT2D eigenvalue weighted by atomic mass is 16.5. The van der Waals surface area contributed by atoms with Gasteiger partial charge < -0.3 is 14.6 Å². The van der Waals surface area contributed by atoms with Crippen molar-refractivity contribution in [2.75, 3.05) is 14.2 Å². The topological polar surface area (TPSA) is 38.7 Å². The van der Waals surface area contributed by atoms with Crippen LogP contribution in [0.1, 0.15) is 40.5 Å². The monoisotopic (exact) mass is 344 g/mol. The van der Waals surface area contributed by atoms with E-state index >= 15 is 0 Å². The van der Waals surface area contributed by atoms with Crippen molar-refractivity contribution in [3.05, 3.63) is 71.1 Å². The van der Waals surface area contributed by atoms with Crippen molar-refractivity contribution in [1.29, 1.82) is 0 Å². The number of allylic oxidation sites excluding steroid dienone is 10. The Morgan fingerprint density at radius 2 is 2.08 bits per heavy atom. The van der Waals surface area contributed by atoms with E-state index in [0.29, 0.717) is 0 Å². The molecular formula is C22H32O3. The fraction of sp³-hybridized carbons (Fsp3) is 0.455. The summed E-state index contributed by atoms with van der Waals surface area (Å²) >= 11 is 0. The molecule has 1 atom stereocenters. The summed E-state index contributed by atoms with van der Waals surface area (Å²) in [5.41, 5.74) is 3.50. The lowest BCUT2D eigenvalue weighted by Crippen LogP contribution is -2.38. The number of rotatable bonds is 8. The van der Waals surface area contributed by atoms with E-state index in [9.17, 15) is 5.11 Å². The lowest BCUT2D eigenvalue weighted by molar-refractivity contribution is -0.0513. The summed E-state index contributed by atoms with van der Waals surface area (Å²) in [6, 6.07) is 0. The van der Waals surface area contributed by atoms with Gasteiger partial charge >= 0.3 is 0 Å². The Morgan fingerprint density at radius 1 is 1.40 bits per heavy atom. The van der Waals surface area contributed by atoms with Gasteiger partial charge in [-0.25, -0.2) is 0 Å². The second kappa shape index (κ2) is 9.59. The smallest absolute Gasteiger partial charge is 0.107 e. The molecule has 1 N–H and O–H groups in total. The Hall–Kier alpha value is -1.84. The molecule has 1 rings (SSSR count). The molecule has 3 heteroatoms. The normalized spacial score (nSPS) is 19.4. The first-order valence-corrected chi connectivity index (χ1v) is 8.69. The van der Waals surface area contributed by atoms with Gasteiger partial charge in [-0.3, -0.25) is 0 Å². The van der Waals surface area contributed by atoms with E-state index in [-0.39, 0.29) is 6.10 Å². The van der Waals surface area contributed by atoms with Crippen molar-refractivity contribution >= 4 is 0 Å². The van der Waals surface area contributed by atoms with Gasteiger partial charge in [-0.2, -0.15) is 0 Å². The molecule has 0 aromatic rings. The zero-order valence-corrected chi connectivity index (χ0v) is 16.4. The summed E-state index contributed by atoms with van der Waals surface area (Å²) in [6.07, 6.45) is 13.6. The SMILES string of the molecule is C=CC1=C(/C=C(\C)OC)C=CC/C1=C\C=C(/CC)C(OC)C(C)(C)O. The number of methoxy groups -OCH3 is 2. The molecule has 3 nitrogen and oxygen atoms in total. The van der Waals surface area contributed by atoms with E-state index in [1.807, 2.05) is 19.1 Å². The average molecular weight is 344 g/mol. The molecule has 0 aliphatic heterocycles. The van der Waals surface area contributed by atoms with Crippen molar-refractivity contribution in [2.45, 2.75) is 52.2 Å². The first-order valence-electron chi connectivity index (χ1n) is 8.69. The molecule has 0 fully saturated rings. The van der Waals surface area contributed by atoms with Gasteiger partial charge in [0.25, 0.3) is 0 Å². The molecule has 1 aliphatic rings. The van der Waals surface area contributed by atoms with Crippen LogP contribution in [0, 0.1) is 0 Å². The highest BCUT2D eigenvalue weighted by Gasteiger charge is 2.29. The lowest BCUT2D eigenvalue weighted by Gasteiger charge is -2.30. The molecule has 1 aliphatic carbocycles. The number of ether oxygens (including phenoxy) is 2. The fourth-order valence-corrected chi connectivity index (χ4v) is 3.00. The van der Waals surface area contributed by atoms with Crippen LogP contribution in [0.5, 0.6) is 0 Å². The van der Waals surface area contributed by atoms with E-state index in [0.717, 1.165) is 35.3 Å². The lowest BCUT2D eigenvalue weighted by atomic mass is 9.89. The van der Waals surface area contributed by atoms with E-state index < -0.39 is 5.60 Å². The van der Waals surface area contributed by atoms with Gasteiger partial charge in [0.15, 0.2) is 0 Å². The van der Waals surface area contributed by atoms with Gasteiger partial charge in [0, 0.05) is 7.11 Å².